The van der Waals surface area contributed by atoms with Crippen LogP contribution in [0.25, 0.3) is 0 Å². The Morgan fingerprint density at radius 1 is 1.08 bits per heavy atom. The van der Waals surface area contributed by atoms with Crippen molar-refractivity contribution in [2.45, 2.75) is 32.5 Å². The highest BCUT2D eigenvalue weighted by atomic mass is 35.5. The van der Waals surface area contributed by atoms with Crippen LogP contribution >= 0.6 is 11.6 Å². The topological polar surface area (TPSA) is 64.6 Å². The number of rotatable bonds is 6. The number of benzene rings is 2. The average Bonchev–Trinajstić information content (AvgIpc) is 2.58. The first-order chi connectivity index (χ1) is 12.2. The van der Waals surface area contributed by atoms with E-state index in [1.807, 2.05) is 0 Å². The summed E-state index contributed by atoms with van der Waals surface area (Å²) in [5.41, 5.74) is -0.908. The maximum atomic E-state index is 12.9. The van der Waals surface area contributed by atoms with Gasteiger partial charge in [0.2, 0.25) is 0 Å². The minimum Gasteiger partial charge on any atom is -0.476 e. The zero-order valence-electron chi connectivity index (χ0n) is 14.6. The molecule has 0 fully saturated rings. The van der Waals surface area contributed by atoms with Gasteiger partial charge in [-0.1, -0.05) is 11.6 Å². The second-order valence-electron chi connectivity index (χ2n) is 6.11. The zero-order valence-corrected chi connectivity index (χ0v) is 15.3. The van der Waals surface area contributed by atoms with Crippen LogP contribution in [0.15, 0.2) is 48.5 Å². The fraction of sp³-hybridized carbons (Fsp3) is 0.263. The van der Waals surface area contributed by atoms with Crippen molar-refractivity contribution in [2.24, 2.45) is 0 Å². The highest BCUT2D eigenvalue weighted by Gasteiger charge is 2.34. The van der Waals surface area contributed by atoms with Gasteiger partial charge < -0.3 is 14.8 Å². The van der Waals surface area contributed by atoms with Gasteiger partial charge in [-0.25, -0.2) is 9.18 Å². The number of ether oxygens (including phenoxy) is 2. The van der Waals surface area contributed by atoms with Crippen LogP contribution in [-0.2, 0) is 14.3 Å². The molecule has 138 valence electrons. The molecule has 0 aromatic heterocycles. The SMILES string of the molecule is C[C@@H](OC(=O)C(C)(C)Oc1ccc(Cl)cc1)C(=O)Nc1ccc(F)cc1. The fourth-order valence-corrected chi connectivity index (χ4v) is 2.10. The number of esters is 1. The lowest BCUT2D eigenvalue weighted by atomic mass is 10.1. The lowest BCUT2D eigenvalue weighted by molar-refractivity contribution is -0.166. The molecule has 0 aliphatic carbocycles. The van der Waals surface area contributed by atoms with Gasteiger partial charge in [-0.15, -0.1) is 0 Å². The van der Waals surface area contributed by atoms with Gasteiger partial charge in [0.25, 0.3) is 5.91 Å². The van der Waals surface area contributed by atoms with Crippen LogP contribution in [0.1, 0.15) is 20.8 Å². The third-order valence-electron chi connectivity index (χ3n) is 3.44. The average molecular weight is 380 g/mol. The van der Waals surface area contributed by atoms with Crippen molar-refractivity contribution in [2.75, 3.05) is 5.32 Å². The quantitative estimate of drug-likeness (QED) is 0.764. The molecule has 0 spiro atoms. The number of nitrogens with one attached hydrogen (secondary N) is 1. The number of anilines is 1. The van der Waals surface area contributed by atoms with E-state index in [2.05, 4.69) is 5.32 Å². The minimum absolute atomic E-state index is 0.399. The van der Waals surface area contributed by atoms with E-state index in [9.17, 15) is 14.0 Å². The highest BCUT2D eigenvalue weighted by molar-refractivity contribution is 6.30. The Bertz CT molecular complexity index is 775. The number of carbonyl (C=O) groups excluding carboxylic acids is 2. The van der Waals surface area contributed by atoms with Gasteiger partial charge in [0.05, 0.1) is 0 Å². The van der Waals surface area contributed by atoms with Crippen molar-refractivity contribution in [3.05, 3.63) is 59.4 Å². The van der Waals surface area contributed by atoms with Crippen LogP contribution < -0.4 is 10.1 Å². The molecular weight excluding hydrogens is 361 g/mol. The van der Waals surface area contributed by atoms with Gasteiger partial charge >= 0.3 is 5.97 Å². The number of carbonyl (C=O) groups is 2. The molecule has 0 unspecified atom stereocenters. The van der Waals surface area contributed by atoms with E-state index >= 15 is 0 Å². The second kappa shape index (κ2) is 8.19. The summed E-state index contributed by atoms with van der Waals surface area (Å²) in [4.78, 5) is 24.5. The van der Waals surface area contributed by atoms with Crippen LogP contribution in [0.4, 0.5) is 10.1 Å². The first-order valence-corrected chi connectivity index (χ1v) is 8.27. The van der Waals surface area contributed by atoms with Crippen LogP contribution in [-0.4, -0.2) is 23.6 Å². The standard InChI is InChI=1S/C19H19ClFNO4/c1-12(17(23)22-15-8-6-14(21)7-9-15)25-18(24)19(2,3)26-16-10-4-13(20)5-11-16/h4-12H,1-3H3,(H,22,23)/t12-/m1/s1. The van der Waals surface area contributed by atoms with Crippen molar-refractivity contribution >= 4 is 29.2 Å². The monoisotopic (exact) mass is 379 g/mol. The summed E-state index contributed by atoms with van der Waals surface area (Å²) >= 11 is 5.81. The molecule has 2 aromatic rings. The van der Waals surface area contributed by atoms with Gasteiger partial charge in [-0.3, -0.25) is 4.79 Å². The summed E-state index contributed by atoms with van der Waals surface area (Å²) in [6, 6.07) is 11.8. The Kier molecular flexibility index (Phi) is 6.21. The molecular formula is C19H19ClFNO4. The molecule has 1 amide bonds. The maximum Gasteiger partial charge on any atom is 0.350 e. The molecule has 2 aromatic carbocycles. The fourth-order valence-electron chi connectivity index (χ4n) is 1.97. The summed E-state index contributed by atoms with van der Waals surface area (Å²) in [6.45, 7) is 4.51. The second-order valence-corrected chi connectivity index (χ2v) is 6.55. The molecule has 0 aliphatic heterocycles. The number of amides is 1. The summed E-state index contributed by atoms with van der Waals surface area (Å²) in [5.74, 6) is -1.20. The third-order valence-corrected chi connectivity index (χ3v) is 3.70. The Morgan fingerprint density at radius 2 is 1.65 bits per heavy atom. The van der Waals surface area contributed by atoms with E-state index in [4.69, 9.17) is 21.1 Å². The molecule has 1 atom stereocenters. The van der Waals surface area contributed by atoms with E-state index in [1.165, 1.54) is 45.0 Å². The molecule has 0 saturated heterocycles. The Labute approximate surface area is 156 Å². The van der Waals surface area contributed by atoms with Crippen LogP contribution in [0.3, 0.4) is 0 Å². The Hall–Kier alpha value is -2.60. The van der Waals surface area contributed by atoms with Crippen LogP contribution in [0.2, 0.25) is 5.02 Å². The number of halogens is 2. The summed E-state index contributed by atoms with van der Waals surface area (Å²) < 4.78 is 23.7. The predicted molar refractivity (Wildman–Crippen MR) is 96.7 cm³/mol. The van der Waals surface area contributed by atoms with E-state index < -0.39 is 29.4 Å². The molecule has 0 aliphatic rings. The maximum absolute atomic E-state index is 12.9. The number of hydrogen-bond acceptors (Lipinski definition) is 4. The predicted octanol–water partition coefficient (Wildman–Crippen LogP) is 4.21. The van der Waals surface area contributed by atoms with Gasteiger partial charge in [0, 0.05) is 10.7 Å². The van der Waals surface area contributed by atoms with E-state index in [-0.39, 0.29) is 0 Å². The van der Waals surface area contributed by atoms with Crippen LogP contribution in [0.5, 0.6) is 5.75 Å². The van der Waals surface area contributed by atoms with Crippen molar-refractivity contribution < 1.29 is 23.5 Å². The minimum atomic E-state index is -1.31. The van der Waals surface area contributed by atoms with Crippen molar-refractivity contribution in [1.82, 2.24) is 0 Å². The smallest absolute Gasteiger partial charge is 0.350 e. The molecule has 7 heteroatoms. The van der Waals surface area contributed by atoms with Crippen LogP contribution in [0, 0.1) is 5.82 Å². The zero-order chi connectivity index (χ0) is 19.3. The van der Waals surface area contributed by atoms with Crippen molar-refractivity contribution in [1.29, 1.82) is 0 Å². The molecule has 2 rings (SSSR count). The van der Waals surface area contributed by atoms with E-state index in [1.54, 1.807) is 24.3 Å². The molecule has 0 heterocycles. The molecule has 0 bridgehead atoms. The third kappa shape index (κ3) is 5.46. The van der Waals surface area contributed by atoms with Gasteiger partial charge in [-0.2, -0.15) is 0 Å². The Balaban J connectivity index is 1.94. The van der Waals surface area contributed by atoms with Gasteiger partial charge in [-0.05, 0) is 69.3 Å². The number of hydrogen-bond donors (Lipinski definition) is 1. The highest BCUT2D eigenvalue weighted by Crippen LogP contribution is 2.22. The molecule has 0 saturated carbocycles. The lowest BCUT2D eigenvalue weighted by Gasteiger charge is -2.26. The van der Waals surface area contributed by atoms with Gasteiger partial charge in [0.1, 0.15) is 11.6 Å². The summed E-state index contributed by atoms with van der Waals surface area (Å²) in [6.07, 6.45) is -1.05. The largest absolute Gasteiger partial charge is 0.476 e. The summed E-state index contributed by atoms with van der Waals surface area (Å²) in [5, 5.41) is 3.09. The first-order valence-electron chi connectivity index (χ1n) is 7.89. The molecule has 5 nitrogen and oxygen atoms in total. The summed E-state index contributed by atoms with van der Waals surface area (Å²) in [7, 11) is 0. The lowest BCUT2D eigenvalue weighted by Crippen LogP contribution is -2.43. The molecule has 26 heavy (non-hydrogen) atoms. The van der Waals surface area contributed by atoms with Crippen molar-refractivity contribution in [3.63, 3.8) is 0 Å². The normalized spacial score (nSPS) is 12.2. The molecule has 1 N–H and O–H groups in total. The van der Waals surface area contributed by atoms with E-state index in [0.29, 0.717) is 16.5 Å². The van der Waals surface area contributed by atoms with Gasteiger partial charge in [0.15, 0.2) is 11.7 Å². The Morgan fingerprint density at radius 3 is 2.23 bits per heavy atom. The van der Waals surface area contributed by atoms with Crippen molar-refractivity contribution in [3.8, 4) is 5.75 Å². The van der Waals surface area contributed by atoms with E-state index in [0.717, 1.165) is 0 Å². The first kappa shape index (κ1) is 19.7. The molecule has 0 radical (unpaired) electrons.